The highest BCUT2D eigenvalue weighted by atomic mass is 19.3. The second-order valence-corrected chi connectivity index (χ2v) is 4.26. The first-order valence-corrected chi connectivity index (χ1v) is 4.92. The molecule has 86 valence electrons. The van der Waals surface area contributed by atoms with E-state index in [1.807, 2.05) is 0 Å². The van der Waals surface area contributed by atoms with E-state index in [4.69, 9.17) is 5.11 Å². The quantitative estimate of drug-likeness (QED) is 0.659. The van der Waals surface area contributed by atoms with E-state index in [2.05, 4.69) is 10.1 Å². The van der Waals surface area contributed by atoms with Crippen molar-refractivity contribution >= 4 is 5.97 Å². The first-order chi connectivity index (χ1) is 6.97. The third kappa shape index (κ3) is 2.10. The summed E-state index contributed by atoms with van der Waals surface area (Å²) in [5, 5.41) is 11.9. The summed E-state index contributed by atoms with van der Waals surface area (Å²) in [5.74, 6) is -4.79. The van der Waals surface area contributed by atoms with Gasteiger partial charge in [0.05, 0.1) is 13.0 Å². The van der Waals surface area contributed by atoms with Gasteiger partial charge in [0.2, 0.25) is 0 Å². The number of nitrogens with one attached hydrogen (secondary N) is 1. The highest BCUT2D eigenvalue weighted by Crippen LogP contribution is 2.36. The van der Waals surface area contributed by atoms with E-state index in [9.17, 15) is 13.6 Å². The monoisotopic (exact) mass is 221 g/mol. The second kappa shape index (κ2) is 3.38. The molecule has 1 heterocycles. The number of hydrogen-bond acceptors (Lipinski definition) is 4. The first kappa shape index (κ1) is 10.8. The average Bonchev–Trinajstić information content (AvgIpc) is 2.89. The molecule has 1 aliphatic carbocycles. The van der Waals surface area contributed by atoms with Gasteiger partial charge in [-0.05, 0) is 12.8 Å². The number of cyclic esters (lactones) is 1. The Bertz CT molecular complexity index is 279. The molecule has 2 rings (SSSR count). The van der Waals surface area contributed by atoms with Crippen LogP contribution in [0.2, 0.25) is 0 Å². The Hall–Kier alpha value is -0.750. The standard InChI is InChI=1S/C9H13F2NO3/c10-9(11)3-6(15-7(9)14)4-12-8(5-13)1-2-8/h6,12-13H,1-5H2. The molecule has 2 N–H and O–H groups in total. The van der Waals surface area contributed by atoms with Gasteiger partial charge < -0.3 is 15.2 Å². The zero-order valence-corrected chi connectivity index (χ0v) is 8.13. The van der Waals surface area contributed by atoms with Crippen LogP contribution in [0.15, 0.2) is 0 Å². The van der Waals surface area contributed by atoms with Crippen LogP contribution in [0.5, 0.6) is 0 Å². The fraction of sp³-hybridized carbons (Fsp3) is 0.889. The van der Waals surface area contributed by atoms with Crippen LogP contribution in [0.1, 0.15) is 19.3 Å². The average molecular weight is 221 g/mol. The number of carbonyl (C=O) groups is 1. The molecule has 15 heavy (non-hydrogen) atoms. The Morgan fingerprint density at radius 2 is 2.20 bits per heavy atom. The molecule has 1 unspecified atom stereocenters. The Balaban J connectivity index is 1.80. The third-order valence-corrected chi connectivity index (χ3v) is 2.92. The summed E-state index contributed by atoms with van der Waals surface area (Å²) >= 11 is 0. The smallest absolute Gasteiger partial charge is 0.377 e. The van der Waals surface area contributed by atoms with E-state index in [-0.39, 0.29) is 18.7 Å². The van der Waals surface area contributed by atoms with Gasteiger partial charge >= 0.3 is 11.9 Å². The van der Waals surface area contributed by atoms with Crippen molar-refractivity contribution in [3.05, 3.63) is 0 Å². The zero-order chi connectivity index (χ0) is 11.1. The van der Waals surface area contributed by atoms with Gasteiger partial charge in [-0.1, -0.05) is 0 Å². The number of halogens is 2. The van der Waals surface area contributed by atoms with Crippen molar-refractivity contribution < 1.29 is 23.4 Å². The number of carbonyl (C=O) groups excluding carboxylic acids is 1. The van der Waals surface area contributed by atoms with Crippen molar-refractivity contribution in [3.8, 4) is 0 Å². The van der Waals surface area contributed by atoms with E-state index in [0.29, 0.717) is 0 Å². The van der Waals surface area contributed by atoms with Crippen molar-refractivity contribution in [1.29, 1.82) is 0 Å². The Morgan fingerprint density at radius 1 is 1.53 bits per heavy atom. The van der Waals surface area contributed by atoms with Crippen LogP contribution < -0.4 is 5.32 Å². The molecule has 1 aliphatic heterocycles. The van der Waals surface area contributed by atoms with Gasteiger partial charge in [0.1, 0.15) is 6.10 Å². The molecule has 0 amide bonds. The minimum absolute atomic E-state index is 0.00986. The van der Waals surface area contributed by atoms with Crippen LogP contribution in [0.25, 0.3) is 0 Å². The lowest BCUT2D eigenvalue weighted by molar-refractivity contribution is -0.159. The normalized spacial score (nSPS) is 31.4. The summed E-state index contributed by atoms with van der Waals surface area (Å²) < 4.78 is 30.0. The van der Waals surface area contributed by atoms with Crippen LogP contribution in [0, 0.1) is 0 Å². The van der Waals surface area contributed by atoms with Gasteiger partial charge in [-0.2, -0.15) is 8.78 Å². The maximum Gasteiger partial charge on any atom is 0.377 e. The number of esters is 1. The topological polar surface area (TPSA) is 58.6 Å². The predicted octanol–water partition coefficient (Wildman–Crippen LogP) is 0.0517. The summed E-state index contributed by atoms with van der Waals surface area (Å²) in [6, 6.07) is 0. The second-order valence-electron chi connectivity index (χ2n) is 4.26. The lowest BCUT2D eigenvalue weighted by Gasteiger charge is -2.16. The molecule has 0 bridgehead atoms. The molecule has 0 aromatic rings. The zero-order valence-electron chi connectivity index (χ0n) is 8.13. The third-order valence-electron chi connectivity index (χ3n) is 2.92. The van der Waals surface area contributed by atoms with Crippen molar-refractivity contribution in [3.63, 3.8) is 0 Å². The summed E-state index contributed by atoms with van der Waals surface area (Å²) in [7, 11) is 0. The van der Waals surface area contributed by atoms with Crippen LogP contribution in [0.3, 0.4) is 0 Å². The maximum atomic E-state index is 12.8. The number of aliphatic hydroxyl groups is 1. The van der Waals surface area contributed by atoms with Crippen LogP contribution in [-0.2, 0) is 9.53 Å². The van der Waals surface area contributed by atoms with Gasteiger partial charge in [0.15, 0.2) is 0 Å². The number of ether oxygens (including phenoxy) is 1. The van der Waals surface area contributed by atoms with Gasteiger partial charge in [0, 0.05) is 12.1 Å². The molecule has 4 nitrogen and oxygen atoms in total. The molecule has 0 aromatic carbocycles. The lowest BCUT2D eigenvalue weighted by Crippen LogP contribution is -2.40. The number of hydrogen-bond donors (Lipinski definition) is 2. The van der Waals surface area contributed by atoms with Crippen molar-refractivity contribution in [2.24, 2.45) is 0 Å². The van der Waals surface area contributed by atoms with Crippen LogP contribution in [-0.4, -0.2) is 41.8 Å². The SMILES string of the molecule is O=C1OC(CNC2(CO)CC2)CC1(F)F. The Labute approximate surface area is 85.6 Å². The van der Waals surface area contributed by atoms with Gasteiger partial charge in [-0.25, -0.2) is 4.79 Å². The van der Waals surface area contributed by atoms with Crippen molar-refractivity contribution in [1.82, 2.24) is 5.32 Å². The van der Waals surface area contributed by atoms with Crippen LogP contribution in [0.4, 0.5) is 8.78 Å². The molecule has 1 saturated heterocycles. The highest BCUT2D eigenvalue weighted by molar-refractivity contribution is 5.79. The summed E-state index contributed by atoms with van der Waals surface area (Å²) in [6.07, 6.45) is 0.318. The molecular weight excluding hydrogens is 208 g/mol. The Kier molecular flexibility index (Phi) is 2.42. The number of rotatable bonds is 4. The lowest BCUT2D eigenvalue weighted by atomic mass is 10.2. The van der Waals surface area contributed by atoms with Gasteiger partial charge in [-0.15, -0.1) is 0 Å². The maximum absolute atomic E-state index is 12.8. The molecule has 0 spiro atoms. The molecule has 0 radical (unpaired) electrons. The molecule has 2 aliphatic rings. The van der Waals surface area contributed by atoms with E-state index in [0.717, 1.165) is 12.8 Å². The highest BCUT2D eigenvalue weighted by Gasteiger charge is 2.51. The molecule has 6 heteroatoms. The molecule has 2 fully saturated rings. The van der Waals surface area contributed by atoms with Gasteiger partial charge in [-0.3, -0.25) is 0 Å². The van der Waals surface area contributed by atoms with E-state index in [1.54, 1.807) is 0 Å². The predicted molar refractivity (Wildman–Crippen MR) is 46.5 cm³/mol. The van der Waals surface area contributed by atoms with Crippen LogP contribution >= 0.6 is 0 Å². The fourth-order valence-corrected chi connectivity index (χ4v) is 1.63. The molecule has 1 saturated carbocycles. The van der Waals surface area contributed by atoms with Crippen molar-refractivity contribution in [2.75, 3.05) is 13.2 Å². The minimum atomic E-state index is -3.34. The first-order valence-electron chi connectivity index (χ1n) is 4.92. The summed E-state index contributed by atoms with van der Waals surface area (Å²) in [5.41, 5.74) is -0.315. The summed E-state index contributed by atoms with van der Waals surface area (Å²) in [4.78, 5) is 10.7. The van der Waals surface area contributed by atoms with E-state index >= 15 is 0 Å². The number of alkyl halides is 2. The van der Waals surface area contributed by atoms with Crippen molar-refractivity contribution in [2.45, 2.75) is 36.8 Å². The molecular formula is C9H13F2NO3. The molecule has 0 aromatic heterocycles. The minimum Gasteiger partial charge on any atom is -0.456 e. The van der Waals surface area contributed by atoms with E-state index < -0.39 is 24.4 Å². The number of aliphatic hydroxyl groups excluding tert-OH is 1. The summed E-state index contributed by atoms with van der Waals surface area (Å²) in [6.45, 7) is 0.173. The van der Waals surface area contributed by atoms with Gasteiger partial charge in [0.25, 0.3) is 0 Å². The largest absolute Gasteiger partial charge is 0.456 e. The fourth-order valence-electron chi connectivity index (χ4n) is 1.63. The Morgan fingerprint density at radius 3 is 2.60 bits per heavy atom. The molecule has 1 atom stereocenters. The van der Waals surface area contributed by atoms with E-state index in [1.165, 1.54) is 0 Å².